The standard InChI is InChI=1S/C14H21N5O/c1-2-5-15-10-12-11-20-9-8-18(12)13-4-7-19-14(17-13)3-6-16-19/h3-4,6-7,12,15H,2,5,8-11H2,1H3. The largest absolute Gasteiger partial charge is 0.377 e. The second kappa shape index (κ2) is 6.19. The summed E-state index contributed by atoms with van der Waals surface area (Å²) in [4.78, 5) is 7.01. The zero-order valence-corrected chi connectivity index (χ0v) is 11.8. The van der Waals surface area contributed by atoms with Crippen LogP contribution in [0.25, 0.3) is 5.65 Å². The minimum atomic E-state index is 0.341. The maximum Gasteiger partial charge on any atom is 0.157 e. The van der Waals surface area contributed by atoms with Crippen molar-refractivity contribution < 1.29 is 4.74 Å². The van der Waals surface area contributed by atoms with Gasteiger partial charge in [0.05, 0.1) is 25.5 Å². The molecular formula is C14H21N5O. The van der Waals surface area contributed by atoms with Gasteiger partial charge in [-0.2, -0.15) is 5.10 Å². The van der Waals surface area contributed by atoms with E-state index in [1.807, 2.05) is 18.3 Å². The molecule has 1 unspecified atom stereocenters. The molecule has 1 atom stereocenters. The van der Waals surface area contributed by atoms with Crippen LogP contribution in [0.5, 0.6) is 0 Å². The second-order valence-corrected chi connectivity index (χ2v) is 5.05. The second-order valence-electron chi connectivity index (χ2n) is 5.05. The van der Waals surface area contributed by atoms with Crippen LogP contribution in [0.4, 0.5) is 5.82 Å². The van der Waals surface area contributed by atoms with Crippen LogP contribution in [0.15, 0.2) is 24.5 Å². The number of anilines is 1. The van der Waals surface area contributed by atoms with Crippen molar-refractivity contribution in [2.24, 2.45) is 0 Å². The van der Waals surface area contributed by atoms with Crippen molar-refractivity contribution in [2.75, 3.05) is 37.7 Å². The van der Waals surface area contributed by atoms with Gasteiger partial charge in [-0.15, -0.1) is 0 Å². The number of aromatic nitrogens is 3. The molecule has 0 radical (unpaired) electrons. The normalized spacial score (nSPS) is 19.6. The van der Waals surface area contributed by atoms with E-state index < -0.39 is 0 Å². The maximum absolute atomic E-state index is 5.61. The number of nitrogens with one attached hydrogen (secondary N) is 1. The molecular weight excluding hydrogens is 254 g/mol. The van der Waals surface area contributed by atoms with Gasteiger partial charge in [0.1, 0.15) is 5.82 Å². The van der Waals surface area contributed by atoms with Crippen molar-refractivity contribution >= 4 is 11.5 Å². The van der Waals surface area contributed by atoms with Crippen molar-refractivity contribution in [1.82, 2.24) is 19.9 Å². The first-order valence-corrected chi connectivity index (χ1v) is 7.24. The quantitative estimate of drug-likeness (QED) is 0.823. The Morgan fingerprint density at radius 1 is 1.45 bits per heavy atom. The Kier molecular flexibility index (Phi) is 4.13. The Morgan fingerprint density at radius 3 is 3.30 bits per heavy atom. The summed E-state index contributed by atoms with van der Waals surface area (Å²) in [5.74, 6) is 1.00. The SMILES string of the molecule is CCCNCC1COCCN1c1ccn2nccc2n1. The predicted molar refractivity (Wildman–Crippen MR) is 78.1 cm³/mol. The summed E-state index contributed by atoms with van der Waals surface area (Å²) < 4.78 is 7.40. The minimum absolute atomic E-state index is 0.341. The van der Waals surface area contributed by atoms with Gasteiger partial charge in [0.15, 0.2) is 5.65 Å². The lowest BCUT2D eigenvalue weighted by atomic mass is 10.2. The van der Waals surface area contributed by atoms with Gasteiger partial charge < -0.3 is 15.0 Å². The first-order valence-electron chi connectivity index (χ1n) is 7.24. The van der Waals surface area contributed by atoms with E-state index in [0.717, 1.165) is 50.7 Å². The van der Waals surface area contributed by atoms with E-state index in [1.165, 1.54) is 0 Å². The van der Waals surface area contributed by atoms with Gasteiger partial charge in [0, 0.05) is 25.4 Å². The van der Waals surface area contributed by atoms with Crippen molar-refractivity contribution in [3.8, 4) is 0 Å². The molecule has 108 valence electrons. The van der Waals surface area contributed by atoms with Crippen LogP contribution < -0.4 is 10.2 Å². The highest BCUT2D eigenvalue weighted by Crippen LogP contribution is 2.17. The number of hydrogen-bond donors (Lipinski definition) is 1. The van der Waals surface area contributed by atoms with Crippen molar-refractivity contribution in [2.45, 2.75) is 19.4 Å². The molecule has 0 aliphatic carbocycles. The van der Waals surface area contributed by atoms with Gasteiger partial charge >= 0.3 is 0 Å². The Hall–Kier alpha value is -1.66. The highest BCUT2D eigenvalue weighted by atomic mass is 16.5. The lowest BCUT2D eigenvalue weighted by Gasteiger charge is -2.36. The van der Waals surface area contributed by atoms with Crippen LogP contribution in [-0.2, 0) is 4.74 Å². The van der Waals surface area contributed by atoms with Crippen LogP contribution in [0.3, 0.4) is 0 Å². The molecule has 3 heterocycles. The monoisotopic (exact) mass is 275 g/mol. The van der Waals surface area contributed by atoms with Gasteiger partial charge in [-0.05, 0) is 19.0 Å². The molecule has 6 nitrogen and oxygen atoms in total. The summed E-state index contributed by atoms with van der Waals surface area (Å²) in [5.41, 5.74) is 0.884. The molecule has 1 N–H and O–H groups in total. The predicted octanol–water partition coefficient (Wildman–Crippen LogP) is 0.934. The molecule has 0 aromatic carbocycles. The third-order valence-electron chi connectivity index (χ3n) is 3.57. The van der Waals surface area contributed by atoms with Crippen LogP contribution in [0, 0.1) is 0 Å². The summed E-state index contributed by atoms with van der Waals surface area (Å²) >= 11 is 0. The molecule has 6 heteroatoms. The van der Waals surface area contributed by atoms with E-state index in [0.29, 0.717) is 6.04 Å². The first-order chi connectivity index (χ1) is 9.88. The number of ether oxygens (including phenoxy) is 1. The molecule has 1 aliphatic rings. The summed E-state index contributed by atoms with van der Waals surface area (Å²) in [6.45, 7) is 6.55. The van der Waals surface area contributed by atoms with Crippen LogP contribution in [-0.4, -0.2) is 53.5 Å². The molecule has 0 bridgehead atoms. The van der Waals surface area contributed by atoms with E-state index in [1.54, 1.807) is 10.7 Å². The smallest absolute Gasteiger partial charge is 0.157 e. The molecule has 1 saturated heterocycles. The number of morpholine rings is 1. The number of rotatable bonds is 5. The molecule has 2 aromatic heterocycles. The average Bonchev–Trinajstić information content (AvgIpc) is 2.95. The van der Waals surface area contributed by atoms with Gasteiger partial charge in [-0.25, -0.2) is 9.50 Å². The summed E-state index contributed by atoms with van der Waals surface area (Å²) in [7, 11) is 0. The molecule has 0 amide bonds. The van der Waals surface area contributed by atoms with Gasteiger partial charge in [-0.1, -0.05) is 6.92 Å². The average molecular weight is 275 g/mol. The Bertz CT molecular complexity index is 555. The van der Waals surface area contributed by atoms with E-state index in [2.05, 4.69) is 27.2 Å². The summed E-state index contributed by atoms with van der Waals surface area (Å²) in [6.07, 6.45) is 4.88. The number of nitrogens with zero attached hydrogens (tertiary/aromatic N) is 4. The molecule has 0 spiro atoms. The highest BCUT2D eigenvalue weighted by molar-refractivity contribution is 5.48. The summed E-state index contributed by atoms with van der Waals surface area (Å²) in [5, 5.41) is 7.65. The van der Waals surface area contributed by atoms with Crippen molar-refractivity contribution in [1.29, 1.82) is 0 Å². The fourth-order valence-electron chi connectivity index (χ4n) is 2.53. The third-order valence-corrected chi connectivity index (χ3v) is 3.57. The number of hydrogen-bond acceptors (Lipinski definition) is 5. The zero-order valence-electron chi connectivity index (χ0n) is 11.8. The molecule has 2 aromatic rings. The third kappa shape index (κ3) is 2.76. The highest BCUT2D eigenvalue weighted by Gasteiger charge is 2.24. The van der Waals surface area contributed by atoms with Crippen LogP contribution in [0.1, 0.15) is 13.3 Å². The topological polar surface area (TPSA) is 54.7 Å². The van der Waals surface area contributed by atoms with Crippen LogP contribution >= 0.6 is 0 Å². The van der Waals surface area contributed by atoms with Gasteiger partial charge in [0.2, 0.25) is 0 Å². The van der Waals surface area contributed by atoms with Gasteiger partial charge in [0.25, 0.3) is 0 Å². The van der Waals surface area contributed by atoms with Crippen molar-refractivity contribution in [3.63, 3.8) is 0 Å². The van der Waals surface area contributed by atoms with E-state index >= 15 is 0 Å². The van der Waals surface area contributed by atoms with E-state index in [4.69, 9.17) is 4.74 Å². The van der Waals surface area contributed by atoms with E-state index in [9.17, 15) is 0 Å². The van der Waals surface area contributed by atoms with Gasteiger partial charge in [-0.3, -0.25) is 0 Å². The molecule has 1 fully saturated rings. The lowest BCUT2D eigenvalue weighted by molar-refractivity contribution is 0.0934. The minimum Gasteiger partial charge on any atom is -0.377 e. The summed E-state index contributed by atoms with van der Waals surface area (Å²) in [6, 6.07) is 4.29. The molecule has 3 rings (SSSR count). The first kappa shape index (κ1) is 13.3. The Morgan fingerprint density at radius 2 is 2.40 bits per heavy atom. The fourth-order valence-corrected chi connectivity index (χ4v) is 2.53. The van der Waals surface area contributed by atoms with Crippen LogP contribution in [0.2, 0.25) is 0 Å². The maximum atomic E-state index is 5.61. The van der Waals surface area contributed by atoms with Crippen molar-refractivity contribution in [3.05, 3.63) is 24.5 Å². The Balaban J connectivity index is 1.77. The molecule has 0 saturated carbocycles. The number of fused-ring (bicyclic) bond motifs is 1. The lowest BCUT2D eigenvalue weighted by Crippen LogP contribution is -2.51. The van der Waals surface area contributed by atoms with E-state index in [-0.39, 0.29) is 0 Å². The zero-order chi connectivity index (χ0) is 13.8. The molecule has 20 heavy (non-hydrogen) atoms. The Labute approximate surface area is 118 Å². The fraction of sp³-hybridized carbons (Fsp3) is 0.571. The molecule has 1 aliphatic heterocycles.